The molecule has 1 amide bonds. The number of amides is 1. The van der Waals surface area contributed by atoms with Crippen LogP contribution in [-0.2, 0) is 9.59 Å². The fourth-order valence-corrected chi connectivity index (χ4v) is 3.96. The molecule has 1 unspecified atom stereocenters. The number of carboxylic acids is 1. The maximum Gasteiger partial charge on any atom is 0.327 e. The molecule has 5 nitrogen and oxygen atoms in total. The summed E-state index contributed by atoms with van der Waals surface area (Å²) in [7, 11) is 0. The number of carboxylic acid groups (broad SMARTS) is 1. The van der Waals surface area contributed by atoms with Crippen molar-refractivity contribution in [2.24, 2.45) is 5.92 Å². The third kappa shape index (κ3) is 1.35. The molecule has 5 atom stereocenters. The second kappa shape index (κ2) is 3.38. The number of fused-ring (bicyclic) bond motifs is 1. The van der Waals surface area contributed by atoms with Crippen LogP contribution in [0.4, 0.5) is 0 Å². The maximum absolute atomic E-state index is 11.6. The van der Waals surface area contributed by atoms with Crippen molar-refractivity contribution in [2.45, 2.75) is 36.6 Å². The molecular formula is C9H13NO4S. The van der Waals surface area contributed by atoms with Crippen molar-refractivity contribution in [3.05, 3.63) is 0 Å². The Morgan fingerprint density at radius 1 is 1.60 bits per heavy atom. The number of thioether (sulfide) groups is 1. The minimum absolute atomic E-state index is 0.111. The Morgan fingerprint density at radius 2 is 2.20 bits per heavy atom. The van der Waals surface area contributed by atoms with Gasteiger partial charge in [-0.25, -0.2) is 4.79 Å². The normalized spacial score (nSPS) is 41.0. The molecule has 0 radical (unpaired) electrons. The number of carbonyl (C=O) groups is 2. The van der Waals surface area contributed by atoms with Gasteiger partial charge in [0.1, 0.15) is 6.04 Å². The maximum atomic E-state index is 11.6. The standard InChI is InChI=1S/C9H13NO4S/c1-3(11)5-7(12)10-6(9(13)14)4(2)15-8(5)10/h3-6,8,11H,1-2H3,(H,13,14)/t3?,4-,5-,6+,8-/m1/s1. The largest absolute Gasteiger partial charge is 0.480 e. The number of β-lactam (4-membered cyclic amide) rings is 1. The molecule has 0 aromatic heterocycles. The highest BCUT2D eigenvalue weighted by molar-refractivity contribution is 8.01. The van der Waals surface area contributed by atoms with Crippen molar-refractivity contribution >= 4 is 23.6 Å². The summed E-state index contributed by atoms with van der Waals surface area (Å²) in [4.78, 5) is 24.0. The van der Waals surface area contributed by atoms with Crippen LogP contribution in [-0.4, -0.2) is 49.8 Å². The van der Waals surface area contributed by atoms with E-state index in [4.69, 9.17) is 5.11 Å². The highest BCUT2D eigenvalue weighted by atomic mass is 32.2. The lowest BCUT2D eigenvalue weighted by molar-refractivity contribution is -0.167. The molecule has 2 N–H and O–H groups in total. The van der Waals surface area contributed by atoms with Crippen molar-refractivity contribution in [1.29, 1.82) is 0 Å². The Bertz CT molecular complexity index is 319. The molecule has 84 valence electrons. The average Bonchev–Trinajstić information content (AvgIpc) is 2.38. The molecule has 2 heterocycles. The molecule has 2 fully saturated rings. The van der Waals surface area contributed by atoms with Gasteiger partial charge in [0.2, 0.25) is 5.91 Å². The fourth-order valence-electron chi connectivity index (χ4n) is 2.24. The highest BCUT2D eigenvalue weighted by Gasteiger charge is 2.60. The van der Waals surface area contributed by atoms with Crippen molar-refractivity contribution in [3.63, 3.8) is 0 Å². The second-order valence-corrected chi connectivity index (χ2v) is 5.53. The van der Waals surface area contributed by atoms with Crippen LogP contribution in [0.5, 0.6) is 0 Å². The molecule has 0 aliphatic carbocycles. The van der Waals surface area contributed by atoms with E-state index >= 15 is 0 Å². The van der Waals surface area contributed by atoms with Crippen LogP contribution in [0.15, 0.2) is 0 Å². The van der Waals surface area contributed by atoms with E-state index in [0.29, 0.717) is 0 Å². The summed E-state index contributed by atoms with van der Waals surface area (Å²) >= 11 is 1.46. The van der Waals surface area contributed by atoms with Crippen LogP contribution in [0, 0.1) is 5.92 Å². The Hall–Kier alpha value is -0.750. The molecule has 2 aliphatic rings. The average molecular weight is 231 g/mol. The van der Waals surface area contributed by atoms with Gasteiger partial charge < -0.3 is 15.1 Å². The molecule has 0 saturated carbocycles. The zero-order chi connectivity index (χ0) is 11.3. The SMILES string of the molecule is CC(O)[C@@H]1C(=O)N2[C@@H]1S[C@H](C)[C@H]2C(=O)O. The van der Waals surface area contributed by atoms with Gasteiger partial charge in [-0.3, -0.25) is 4.79 Å². The van der Waals surface area contributed by atoms with E-state index in [9.17, 15) is 14.7 Å². The van der Waals surface area contributed by atoms with Gasteiger partial charge in [-0.05, 0) is 6.92 Å². The fraction of sp³-hybridized carbons (Fsp3) is 0.778. The van der Waals surface area contributed by atoms with Gasteiger partial charge in [-0.1, -0.05) is 6.92 Å². The lowest BCUT2D eigenvalue weighted by Gasteiger charge is -2.44. The molecule has 2 aliphatic heterocycles. The topological polar surface area (TPSA) is 77.8 Å². The quantitative estimate of drug-likeness (QED) is 0.640. The zero-order valence-electron chi connectivity index (χ0n) is 8.45. The Balaban J connectivity index is 2.20. The molecule has 6 heteroatoms. The number of nitrogens with zero attached hydrogens (tertiary/aromatic N) is 1. The van der Waals surface area contributed by atoms with E-state index in [1.165, 1.54) is 16.7 Å². The molecule has 0 aromatic rings. The summed E-state index contributed by atoms with van der Waals surface area (Å²) in [6.45, 7) is 3.37. The molecule has 15 heavy (non-hydrogen) atoms. The number of hydrogen-bond donors (Lipinski definition) is 2. The van der Waals surface area contributed by atoms with Gasteiger partial charge in [-0.15, -0.1) is 11.8 Å². The Kier molecular flexibility index (Phi) is 2.42. The van der Waals surface area contributed by atoms with E-state index in [2.05, 4.69) is 0 Å². The van der Waals surface area contributed by atoms with Crippen LogP contribution in [0.25, 0.3) is 0 Å². The van der Waals surface area contributed by atoms with Crippen molar-refractivity contribution in [2.75, 3.05) is 0 Å². The van der Waals surface area contributed by atoms with Gasteiger partial charge in [0.25, 0.3) is 0 Å². The lowest BCUT2D eigenvalue weighted by atomic mass is 9.91. The van der Waals surface area contributed by atoms with Gasteiger partial charge in [0, 0.05) is 5.25 Å². The van der Waals surface area contributed by atoms with E-state index < -0.39 is 24.0 Å². The van der Waals surface area contributed by atoms with E-state index in [1.807, 2.05) is 0 Å². The minimum atomic E-state index is -0.963. The van der Waals surface area contributed by atoms with Crippen LogP contribution < -0.4 is 0 Å². The molecule has 2 rings (SSSR count). The van der Waals surface area contributed by atoms with E-state index in [1.54, 1.807) is 13.8 Å². The van der Waals surface area contributed by atoms with E-state index in [-0.39, 0.29) is 16.5 Å². The molecule has 0 bridgehead atoms. The predicted molar refractivity (Wildman–Crippen MR) is 54.3 cm³/mol. The smallest absolute Gasteiger partial charge is 0.327 e. The number of carbonyl (C=O) groups excluding carboxylic acids is 1. The summed E-state index contributed by atoms with van der Waals surface area (Å²) in [5.74, 6) is -1.63. The summed E-state index contributed by atoms with van der Waals surface area (Å²) < 4.78 is 0. The zero-order valence-corrected chi connectivity index (χ0v) is 9.27. The van der Waals surface area contributed by atoms with Gasteiger partial charge >= 0.3 is 5.97 Å². The first-order valence-corrected chi connectivity index (χ1v) is 5.78. The van der Waals surface area contributed by atoms with Crippen LogP contribution in [0.2, 0.25) is 0 Å². The molecular weight excluding hydrogens is 218 g/mol. The molecule has 0 aromatic carbocycles. The molecule has 2 saturated heterocycles. The predicted octanol–water partition coefficient (Wildman–Crippen LogP) is -0.260. The third-order valence-electron chi connectivity index (χ3n) is 2.99. The number of rotatable bonds is 2. The Morgan fingerprint density at radius 3 is 2.67 bits per heavy atom. The third-order valence-corrected chi connectivity index (χ3v) is 4.48. The highest BCUT2D eigenvalue weighted by Crippen LogP contribution is 2.48. The first-order chi connectivity index (χ1) is 6.95. The summed E-state index contributed by atoms with van der Waals surface area (Å²) in [5, 5.41) is 18.1. The number of aliphatic carboxylic acids is 1. The van der Waals surface area contributed by atoms with Crippen LogP contribution >= 0.6 is 11.8 Å². The van der Waals surface area contributed by atoms with Gasteiger partial charge in [0.15, 0.2) is 0 Å². The summed E-state index contributed by atoms with van der Waals surface area (Å²) in [6, 6.07) is -0.734. The first kappa shape index (κ1) is 10.8. The monoisotopic (exact) mass is 231 g/mol. The molecule has 0 spiro atoms. The Labute approximate surface area is 91.4 Å². The second-order valence-electron chi connectivity index (χ2n) is 4.03. The summed E-state index contributed by atoms with van der Waals surface area (Å²) in [5.41, 5.74) is 0. The van der Waals surface area contributed by atoms with Gasteiger partial charge in [-0.2, -0.15) is 0 Å². The van der Waals surface area contributed by atoms with Crippen LogP contribution in [0.1, 0.15) is 13.8 Å². The van der Waals surface area contributed by atoms with E-state index in [0.717, 1.165) is 0 Å². The number of aliphatic hydroxyl groups excluding tert-OH is 1. The lowest BCUT2D eigenvalue weighted by Crippen LogP contribution is -2.64. The minimum Gasteiger partial charge on any atom is -0.480 e. The number of aliphatic hydroxyl groups is 1. The van der Waals surface area contributed by atoms with Crippen LogP contribution in [0.3, 0.4) is 0 Å². The number of hydrogen-bond acceptors (Lipinski definition) is 4. The van der Waals surface area contributed by atoms with Crippen molar-refractivity contribution in [1.82, 2.24) is 4.90 Å². The first-order valence-electron chi connectivity index (χ1n) is 4.83. The van der Waals surface area contributed by atoms with Crippen molar-refractivity contribution < 1.29 is 19.8 Å². The van der Waals surface area contributed by atoms with Crippen molar-refractivity contribution in [3.8, 4) is 0 Å². The van der Waals surface area contributed by atoms with Gasteiger partial charge in [0.05, 0.1) is 17.4 Å². The summed E-state index contributed by atoms with van der Waals surface area (Å²) in [6.07, 6.45) is -0.703.